The number of rotatable bonds is 0. The first-order valence-corrected chi connectivity index (χ1v) is 2.34. The van der Waals surface area contributed by atoms with Gasteiger partial charge in [0.15, 0.2) is 11.4 Å². The number of hydrogen-bond acceptors (Lipinski definition) is 1. The van der Waals surface area contributed by atoms with Gasteiger partial charge in [0.1, 0.15) is 0 Å². The third-order valence-corrected chi connectivity index (χ3v) is 0.903. The summed E-state index contributed by atoms with van der Waals surface area (Å²) in [6, 6.07) is 0. The molecule has 0 fully saturated rings. The maximum absolute atomic E-state index is 4.76. The van der Waals surface area contributed by atoms with Gasteiger partial charge < -0.3 is 4.74 Å². The second-order valence-corrected chi connectivity index (χ2v) is 1.67. The molecule has 1 aliphatic rings. The first kappa shape index (κ1) is 3.99. The van der Waals surface area contributed by atoms with E-state index in [4.69, 9.17) is 4.74 Å². The van der Waals surface area contributed by atoms with E-state index in [1.807, 2.05) is 0 Å². The molecule has 2 nitrogen and oxygen atoms in total. The molecule has 1 heterocycles. The number of ether oxygens (including phenoxy) is 1. The van der Waals surface area contributed by atoms with Crippen molar-refractivity contribution in [2.24, 2.45) is 0 Å². The summed E-state index contributed by atoms with van der Waals surface area (Å²) in [6.45, 7) is 0.473. The fourth-order valence-electron chi connectivity index (χ4n) is 0.245. The summed E-state index contributed by atoms with van der Waals surface area (Å²) in [7, 11) is 0. The van der Waals surface area contributed by atoms with Crippen LogP contribution in [0, 0.1) is 0 Å². The maximum Gasteiger partial charge on any atom is 0.182 e. The summed E-state index contributed by atoms with van der Waals surface area (Å²) in [4.78, 5) is 0. The highest BCUT2D eigenvalue weighted by atomic mass is 79.9. The zero-order valence-electron chi connectivity index (χ0n) is 3.02. The highest BCUT2D eigenvalue weighted by Crippen LogP contribution is 2.08. The van der Waals surface area contributed by atoms with Gasteiger partial charge in [0.2, 0.25) is 0 Å². The van der Waals surface area contributed by atoms with Crippen LogP contribution >= 0.6 is 15.9 Å². The van der Waals surface area contributed by atoms with Crippen LogP contribution in [0.25, 0.3) is 0 Å². The highest BCUT2D eigenvalue weighted by Gasteiger charge is 1.97. The summed E-state index contributed by atoms with van der Waals surface area (Å²) in [5, 5.41) is 3.73. The molecule has 0 bridgehead atoms. The van der Waals surface area contributed by atoms with Crippen molar-refractivity contribution in [2.75, 3.05) is 6.73 Å². The second kappa shape index (κ2) is 1.51. The normalized spacial score (nSPS) is 18.5. The van der Waals surface area contributed by atoms with Crippen molar-refractivity contribution in [3.63, 3.8) is 0 Å². The standard InChI is InChI=1S/C3H3BrNO/c4-3-1-5-2-6-3/h1H,2H2. The molecule has 0 unspecified atom stereocenters. The van der Waals surface area contributed by atoms with Crippen LogP contribution in [0.3, 0.4) is 0 Å². The van der Waals surface area contributed by atoms with Crippen LogP contribution in [0.1, 0.15) is 0 Å². The van der Waals surface area contributed by atoms with Crippen molar-refractivity contribution in [1.82, 2.24) is 5.32 Å². The van der Waals surface area contributed by atoms with Crippen LogP contribution in [-0.4, -0.2) is 6.73 Å². The minimum Gasteiger partial charge on any atom is -0.463 e. The quantitative estimate of drug-likeness (QED) is 0.498. The molecule has 3 heteroatoms. The van der Waals surface area contributed by atoms with E-state index in [0.717, 1.165) is 4.67 Å². The smallest absolute Gasteiger partial charge is 0.182 e. The molecule has 1 aliphatic heterocycles. The van der Waals surface area contributed by atoms with Gasteiger partial charge in [-0.3, -0.25) is 0 Å². The zero-order chi connectivity index (χ0) is 4.41. The lowest BCUT2D eigenvalue weighted by Crippen LogP contribution is -1.89. The number of hydrogen-bond donors (Lipinski definition) is 0. The molecule has 0 atom stereocenters. The van der Waals surface area contributed by atoms with Gasteiger partial charge in [-0.25, -0.2) is 5.32 Å². The van der Waals surface area contributed by atoms with Crippen LogP contribution in [0.2, 0.25) is 0 Å². The summed E-state index contributed by atoms with van der Waals surface area (Å²) in [5.41, 5.74) is 0. The highest BCUT2D eigenvalue weighted by molar-refractivity contribution is 9.11. The van der Waals surface area contributed by atoms with Gasteiger partial charge in [-0.05, 0) is 15.9 Å². The van der Waals surface area contributed by atoms with Crippen molar-refractivity contribution in [2.45, 2.75) is 0 Å². The van der Waals surface area contributed by atoms with Gasteiger partial charge in [-0.1, -0.05) is 0 Å². The molecule has 0 aromatic rings. The molecule has 0 saturated heterocycles. The Labute approximate surface area is 44.3 Å². The first-order valence-electron chi connectivity index (χ1n) is 1.54. The maximum atomic E-state index is 4.76. The molecule has 1 rings (SSSR count). The Kier molecular flexibility index (Phi) is 1.01. The van der Waals surface area contributed by atoms with Crippen molar-refractivity contribution in [3.05, 3.63) is 10.9 Å². The SMILES string of the molecule is BrC1=C[N]CO1. The Morgan fingerprint density at radius 1 is 2.00 bits per heavy atom. The average molecular weight is 149 g/mol. The zero-order valence-corrected chi connectivity index (χ0v) is 4.60. The van der Waals surface area contributed by atoms with Crippen LogP contribution < -0.4 is 5.32 Å². The molecular formula is C3H3BrNO. The third kappa shape index (κ3) is 0.653. The Morgan fingerprint density at radius 3 is 3.00 bits per heavy atom. The molecule has 33 valence electrons. The molecule has 0 saturated carbocycles. The Hall–Kier alpha value is -0.180. The Morgan fingerprint density at radius 2 is 2.83 bits per heavy atom. The van der Waals surface area contributed by atoms with Gasteiger partial charge >= 0.3 is 0 Å². The third-order valence-electron chi connectivity index (χ3n) is 0.470. The Balaban J connectivity index is 2.45. The van der Waals surface area contributed by atoms with Gasteiger partial charge in [0.05, 0.1) is 6.20 Å². The van der Waals surface area contributed by atoms with Gasteiger partial charge in [-0.15, -0.1) is 0 Å². The van der Waals surface area contributed by atoms with Gasteiger partial charge in [0, 0.05) is 0 Å². The number of nitrogens with zero attached hydrogens (tertiary/aromatic N) is 1. The molecule has 6 heavy (non-hydrogen) atoms. The predicted octanol–water partition coefficient (Wildman–Crippen LogP) is 0.772. The van der Waals surface area contributed by atoms with Crippen molar-refractivity contribution >= 4 is 15.9 Å². The summed E-state index contributed by atoms with van der Waals surface area (Å²) >= 11 is 3.08. The van der Waals surface area contributed by atoms with E-state index in [0.29, 0.717) is 6.73 Å². The average Bonchev–Trinajstić information content (AvgIpc) is 1.86. The van der Waals surface area contributed by atoms with E-state index in [1.165, 1.54) is 0 Å². The molecule has 0 aliphatic carbocycles. The molecule has 0 aromatic heterocycles. The summed E-state index contributed by atoms with van der Waals surface area (Å²) in [6.07, 6.45) is 1.64. The fraction of sp³-hybridized carbons (Fsp3) is 0.333. The molecule has 0 spiro atoms. The van der Waals surface area contributed by atoms with E-state index in [-0.39, 0.29) is 0 Å². The summed E-state index contributed by atoms with van der Waals surface area (Å²) < 4.78 is 5.49. The number of halogens is 1. The van der Waals surface area contributed by atoms with Gasteiger partial charge in [0.25, 0.3) is 0 Å². The minimum atomic E-state index is 0.473. The van der Waals surface area contributed by atoms with E-state index in [1.54, 1.807) is 6.20 Å². The van der Waals surface area contributed by atoms with Crippen molar-refractivity contribution in [1.29, 1.82) is 0 Å². The topological polar surface area (TPSA) is 23.3 Å². The van der Waals surface area contributed by atoms with E-state index in [2.05, 4.69) is 21.2 Å². The minimum absolute atomic E-state index is 0.473. The van der Waals surface area contributed by atoms with Crippen molar-refractivity contribution < 1.29 is 4.74 Å². The van der Waals surface area contributed by atoms with E-state index >= 15 is 0 Å². The van der Waals surface area contributed by atoms with E-state index < -0.39 is 0 Å². The monoisotopic (exact) mass is 148 g/mol. The lowest BCUT2D eigenvalue weighted by atomic mass is 11.0. The molecule has 1 radical (unpaired) electrons. The second-order valence-electron chi connectivity index (χ2n) is 0.889. The van der Waals surface area contributed by atoms with Crippen LogP contribution in [-0.2, 0) is 4.74 Å². The van der Waals surface area contributed by atoms with Crippen LogP contribution in [0.4, 0.5) is 0 Å². The largest absolute Gasteiger partial charge is 0.463 e. The lowest BCUT2D eigenvalue weighted by molar-refractivity contribution is 0.257. The fourth-order valence-corrected chi connectivity index (χ4v) is 0.492. The van der Waals surface area contributed by atoms with Crippen LogP contribution in [0.5, 0.6) is 0 Å². The van der Waals surface area contributed by atoms with Crippen LogP contribution in [0.15, 0.2) is 10.9 Å². The molecular weight excluding hydrogens is 146 g/mol. The van der Waals surface area contributed by atoms with Crippen molar-refractivity contribution in [3.8, 4) is 0 Å². The lowest BCUT2D eigenvalue weighted by Gasteiger charge is -1.85. The molecule has 0 aromatic carbocycles. The summed E-state index contributed by atoms with van der Waals surface area (Å²) in [5.74, 6) is 0. The Bertz CT molecular complexity index is 80.9. The van der Waals surface area contributed by atoms with Gasteiger partial charge in [-0.2, -0.15) is 0 Å². The van der Waals surface area contributed by atoms with E-state index in [9.17, 15) is 0 Å². The predicted molar refractivity (Wildman–Crippen MR) is 25.1 cm³/mol. The first-order chi connectivity index (χ1) is 2.89. The molecule has 0 amide bonds. The molecule has 0 N–H and O–H groups in total.